The lowest BCUT2D eigenvalue weighted by atomic mass is 10.2. The van der Waals surface area contributed by atoms with Crippen LogP contribution in [0.4, 0.5) is 8.78 Å². The molecule has 0 aliphatic rings. The first-order chi connectivity index (χ1) is 9.94. The molecule has 6 heteroatoms. The van der Waals surface area contributed by atoms with E-state index in [4.69, 9.17) is 4.74 Å². The second-order valence-corrected chi connectivity index (χ2v) is 4.69. The molecule has 0 saturated heterocycles. The van der Waals surface area contributed by atoms with Crippen LogP contribution < -0.4 is 10.1 Å². The number of nitrogens with zero attached hydrogens (tertiary/aromatic N) is 1. The van der Waals surface area contributed by atoms with Crippen molar-refractivity contribution in [1.82, 2.24) is 10.2 Å². The van der Waals surface area contributed by atoms with Crippen molar-refractivity contribution in [3.8, 4) is 5.75 Å². The summed E-state index contributed by atoms with van der Waals surface area (Å²) < 4.78 is 33.0. The summed E-state index contributed by atoms with van der Waals surface area (Å²) in [4.78, 5) is 13.6. The first-order valence-corrected chi connectivity index (χ1v) is 7.02. The van der Waals surface area contributed by atoms with Crippen LogP contribution in [0.25, 0.3) is 0 Å². The predicted molar refractivity (Wildman–Crippen MR) is 77.1 cm³/mol. The molecule has 1 atom stereocenters. The Morgan fingerprint density at radius 2 is 1.81 bits per heavy atom. The standard InChI is InChI=1S/C15H22F2N2O2/c1-5-19(6-2)15(20)10(3)21-14-12(16)7-11(9-18-4)8-13(14)17/h7-8,10,18H,5-6,9H2,1-4H3. The SMILES string of the molecule is CCN(CC)C(=O)C(C)Oc1c(F)cc(CNC)cc1F. The molecule has 1 aromatic carbocycles. The van der Waals surface area contributed by atoms with Crippen LogP contribution in [0.1, 0.15) is 26.3 Å². The molecule has 0 radical (unpaired) electrons. The molecule has 0 aromatic heterocycles. The van der Waals surface area contributed by atoms with Gasteiger partial charge < -0.3 is 15.0 Å². The number of hydrogen-bond donors (Lipinski definition) is 1. The Balaban J connectivity index is 2.90. The van der Waals surface area contributed by atoms with Crippen LogP contribution in [-0.2, 0) is 11.3 Å². The third-order valence-electron chi connectivity index (χ3n) is 3.16. The van der Waals surface area contributed by atoms with E-state index in [1.807, 2.05) is 13.8 Å². The van der Waals surface area contributed by atoms with Gasteiger partial charge in [0, 0.05) is 19.6 Å². The van der Waals surface area contributed by atoms with Gasteiger partial charge in [-0.15, -0.1) is 0 Å². The molecule has 1 N–H and O–H groups in total. The van der Waals surface area contributed by atoms with Crippen LogP contribution in [-0.4, -0.2) is 37.0 Å². The van der Waals surface area contributed by atoms with E-state index in [0.717, 1.165) is 0 Å². The van der Waals surface area contributed by atoms with Crippen LogP contribution in [0.3, 0.4) is 0 Å². The van der Waals surface area contributed by atoms with E-state index in [2.05, 4.69) is 5.32 Å². The van der Waals surface area contributed by atoms with E-state index in [9.17, 15) is 13.6 Å². The second kappa shape index (κ2) is 7.93. The summed E-state index contributed by atoms with van der Waals surface area (Å²) in [6.07, 6.45) is -0.941. The molecule has 118 valence electrons. The number of benzene rings is 1. The fourth-order valence-corrected chi connectivity index (χ4v) is 2.05. The Kier molecular flexibility index (Phi) is 6.55. The molecule has 0 bridgehead atoms. The van der Waals surface area contributed by atoms with Gasteiger partial charge in [0.15, 0.2) is 23.5 Å². The molecule has 0 aliphatic heterocycles. The second-order valence-electron chi connectivity index (χ2n) is 4.69. The molecule has 0 fully saturated rings. The van der Waals surface area contributed by atoms with Crippen LogP contribution in [0.5, 0.6) is 5.75 Å². The zero-order valence-electron chi connectivity index (χ0n) is 12.9. The van der Waals surface area contributed by atoms with Gasteiger partial charge in [-0.2, -0.15) is 0 Å². The van der Waals surface area contributed by atoms with Gasteiger partial charge in [-0.25, -0.2) is 8.78 Å². The van der Waals surface area contributed by atoms with Crippen molar-refractivity contribution >= 4 is 5.91 Å². The van der Waals surface area contributed by atoms with Gasteiger partial charge in [0.25, 0.3) is 5.91 Å². The minimum Gasteiger partial charge on any atom is -0.475 e. The molecule has 21 heavy (non-hydrogen) atoms. The topological polar surface area (TPSA) is 41.6 Å². The summed E-state index contributed by atoms with van der Waals surface area (Å²) in [5.41, 5.74) is 0.475. The van der Waals surface area contributed by atoms with E-state index in [0.29, 0.717) is 25.2 Å². The molecular formula is C15H22F2N2O2. The highest BCUT2D eigenvalue weighted by atomic mass is 19.1. The zero-order chi connectivity index (χ0) is 16.0. The van der Waals surface area contributed by atoms with Gasteiger partial charge in [-0.3, -0.25) is 4.79 Å². The van der Waals surface area contributed by atoms with Crippen molar-refractivity contribution in [1.29, 1.82) is 0 Å². The molecule has 1 amide bonds. The van der Waals surface area contributed by atoms with Crippen LogP contribution in [0.2, 0.25) is 0 Å². The number of ether oxygens (including phenoxy) is 1. The number of hydrogen-bond acceptors (Lipinski definition) is 3. The lowest BCUT2D eigenvalue weighted by Crippen LogP contribution is -2.40. The first-order valence-electron chi connectivity index (χ1n) is 7.02. The van der Waals surface area contributed by atoms with Crippen LogP contribution in [0.15, 0.2) is 12.1 Å². The average molecular weight is 300 g/mol. The van der Waals surface area contributed by atoms with Crippen molar-refractivity contribution < 1.29 is 18.3 Å². The number of amides is 1. The summed E-state index contributed by atoms with van der Waals surface area (Å²) in [6.45, 7) is 6.55. The Labute approximate surface area is 124 Å². The van der Waals surface area contributed by atoms with Gasteiger partial charge in [0.1, 0.15) is 0 Å². The van der Waals surface area contributed by atoms with E-state index < -0.39 is 23.5 Å². The number of carbonyl (C=O) groups excluding carboxylic acids is 1. The van der Waals surface area contributed by atoms with Crippen LogP contribution in [0, 0.1) is 11.6 Å². The molecular weight excluding hydrogens is 278 g/mol. The van der Waals surface area contributed by atoms with Gasteiger partial charge in [-0.05, 0) is 45.5 Å². The summed E-state index contributed by atoms with van der Waals surface area (Å²) in [5, 5.41) is 2.81. The molecule has 0 saturated carbocycles. The molecule has 0 spiro atoms. The van der Waals surface area contributed by atoms with Crippen molar-refractivity contribution in [2.45, 2.75) is 33.4 Å². The van der Waals surface area contributed by atoms with Crippen molar-refractivity contribution in [2.24, 2.45) is 0 Å². The van der Waals surface area contributed by atoms with Crippen molar-refractivity contribution in [3.63, 3.8) is 0 Å². The maximum Gasteiger partial charge on any atom is 0.263 e. The van der Waals surface area contributed by atoms with Crippen molar-refractivity contribution in [3.05, 3.63) is 29.3 Å². The highest BCUT2D eigenvalue weighted by Gasteiger charge is 2.23. The zero-order valence-corrected chi connectivity index (χ0v) is 12.9. The maximum atomic E-state index is 13.9. The molecule has 1 rings (SSSR count). The smallest absolute Gasteiger partial charge is 0.263 e. The number of carbonyl (C=O) groups is 1. The monoisotopic (exact) mass is 300 g/mol. The number of halogens is 2. The highest BCUT2D eigenvalue weighted by Crippen LogP contribution is 2.24. The van der Waals surface area contributed by atoms with Crippen LogP contribution >= 0.6 is 0 Å². The summed E-state index contributed by atoms with van der Waals surface area (Å²) in [6, 6.07) is 2.40. The number of rotatable bonds is 7. The normalized spacial score (nSPS) is 12.1. The quantitative estimate of drug-likeness (QED) is 0.840. The summed E-state index contributed by atoms with van der Waals surface area (Å²) in [7, 11) is 1.69. The highest BCUT2D eigenvalue weighted by molar-refractivity contribution is 5.80. The Bertz CT molecular complexity index is 468. The van der Waals surface area contributed by atoms with E-state index in [1.165, 1.54) is 19.1 Å². The molecule has 4 nitrogen and oxygen atoms in total. The van der Waals surface area contributed by atoms with Gasteiger partial charge >= 0.3 is 0 Å². The molecule has 1 unspecified atom stereocenters. The maximum absolute atomic E-state index is 13.9. The molecule has 0 aliphatic carbocycles. The number of likely N-dealkylation sites (N-methyl/N-ethyl adjacent to an activating group) is 1. The molecule has 0 heterocycles. The van der Waals surface area contributed by atoms with E-state index >= 15 is 0 Å². The largest absolute Gasteiger partial charge is 0.475 e. The average Bonchev–Trinajstić information content (AvgIpc) is 2.44. The lowest BCUT2D eigenvalue weighted by Gasteiger charge is -2.23. The van der Waals surface area contributed by atoms with Gasteiger partial charge in [0.2, 0.25) is 0 Å². The van der Waals surface area contributed by atoms with Crippen molar-refractivity contribution in [2.75, 3.05) is 20.1 Å². The summed E-state index contributed by atoms with van der Waals surface area (Å²) in [5.74, 6) is -2.42. The van der Waals surface area contributed by atoms with Gasteiger partial charge in [0.05, 0.1) is 0 Å². The van der Waals surface area contributed by atoms with E-state index in [-0.39, 0.29) is 5.91 Å². The minimum absolute atomic E-state index is 0.293. The fraction of sp³-hybridized carbons (Fsp3) is 0.533. The Morgan fingerprint density at radius 1 is 1.29 bits per heavy atom. The lowest BCUT2D eigenvalue weighted by molar-refractivity contribution is -0.137. The predicted octanol–water partition coefficient (Wildman–Crippen LogP) is 2.32. The molecule has 1 aromatic rings. The van der Waals surface area contributed by atoms with E-state index in [1.54, 1.807) is 11.9 Å². The summed E-state index contributed by atoms with van der Waals surface area (Å²) >= 11 is 0. The van der Waals surface area contributed by atoms with Gasteiger partial charge in [-0.1, -0.05) is 0 Å². The minimum atomic E-state index is -0.941. The first kappa shape index (κ1) is 17.4. The third-order valence-corrected chi connectivity index (χ3v) is 3.16. The Hall–Kier alpha value is -1.69. The third kappa shape index (κ3) is 4.39. The number of nitrogens with one attached hydrogen (secondary N) is 1. The fourth-order valence-electron chi connectivity index (χ4n) is 2.05. The Morgan fingerprint density at radius 3 is 2.24 bits per heavy atom.